The van der Waals surface area contributed by atoms with Crippen molar-refractivity contribution in [1.82, 2.24) is 4.98 Å². The van der Waals surface area contributed by atoms with Crippen LogP contribution in [0.1, 0.15) is 6.42 Å². The molecule has 0 saturated heterocycles. The van der Waals surface area contributed by atoms with E-state index < -0.39 is 0 Å². The van der Waals surface area contributed by atoms with Crippen molar-refractivity contribution in [2.75, 3.05) is 10.2 Å². The predicted molar refractivity (Wildman–Crippen MR) is 90.2 cm³/mol. The van der Waals surface area contributed by atoms with Crippen molar-refractivity contribution in [3.8, 4) is 5.75 Å². The highest BCUT2D eigenvalue weighted by atomic mass is 16.3. The molecule has 118 valence electrons. The summed E-state index contributed by atoms with van der Waals surface area (Å²) in [5.41, 5.74) is 1.54. The molecule has 6 nitrogen and oxygen atoms in total. The largest absolute Gasteiger partial charge is 0.506 e. The van der Waals surface area contributed by atoms with Gasteiger partial charge in [0.15, 0.2) is 0 Å². The van der Waals surface area contributed by atoms with Gasteiger partial charge in [-0.15, -0.1) is 0 Å². The molecule has 6 heteroatoms. The molecular formula is C18H13N3O3. The highest BCUT2D eigenvalue weighted by molar-refractivity contribution is 6.21. The van der Waals surface area contributed by atoms with Gasteiger partial charge in [0.25, 0.3) is 0 Å². The molecule has 1 aliphatic rings. The van der Waals surface area contributed by atoms with Crippen molar-refractivity contribution in [3.63, 3.8) is 0 Å². The Morgan fingerprint density at radius 2 is 1.92 bits per heavy atom. The third-order valence-corrected chi connectivity index (χ3v) is 3.94. The summed E-state index contributed by atoms with van der Waals surface area (Å²) in [4.78, 5) is 30.0. The summed E-state index contributed by atoms with van der Waals surface area (Å²) in [7, 11) is 0. The molecule has 1 aliphatic heterocycles. The molecule has 4 rings (SSSR count). The first-order valence-corrected chi connectivity index (χ1v) is 7.42. The highest BCUT2D eigenvalue weighted by Crippen LogP contribution is 2.40. The Balaban J connectivity index is 2.00. The van der Waals surface area contributed by atoms with Crippen LogP contribution in [0, 0.1) is 0 Å². The number of anilines is 3. The van der Waals surface area contributed by atoms with E-state index in [0.717, 1.165) is 10.8 Å². The van der Waals surface area contributed by atoms with E-state index in [2.05, 4.69) is 10.3 Å². The lowest BCUT2D eigenvalue weighted by Crippen LogP contribution is -2.26. The van der Waals surface area contributed by atoms with Gasteiger partial charge in [0.05, 0.1) is 29.5 Å². The van der Waals surface area contributed by atoms with Crippen LogP contribution < -0.4 is 10.2 Å². The number of fused-ring (bicyclic) bond motifs is 3. The monoisotopic (exact) mass is 319 g/mol. The van der Waals surface area contributed by atoms with Gasteiger partial charge in [-0.1, -0.05) is 30.3 Å². The maximum Gasteiger partial charge on any atom is 0.241 e. The van der Waals surface area contributed by atoms with E-state index in [4.69, 9.17) is 0 Å². The maximum absolute atomic E-state index is 12.6. The normalized spacial score (nSPS) is 14.2. The van der Waals surface area contributed by atoms with Gasteiger partial charge in [0.2, 0.25) is 11.8 Å². The molecule has 2 N–H and O–H groups in total. The molecule has 0 radical (unpaired) electrons. The van der Waals surface area contributed by atoms with Gasteiger partial charge in [-0.3, -0.25) is 19.5 Å². The number of hydrogen-bond acceptors (Lipinski definition) is 4. The Hall–Kier alpha value is -3.41. The third-order valence-electron chi connectivity index (χ3n) is 3.94. The number of rotatable bonds is 1. The molecule has 0 unspecified atom stereocenters. The summed E-state index contributed by atoms with van der Waals surface area (Å²) in [6.45, 7) is 0. The minimum absolute atomic E-state index is 0.0498. The van der Waals surface area contributed by atoms with E-state index in [1.807, 2.05) is 30.3 Å². The van der Waals surface area contributed by atoms with E-state index in [-0.39, 0.29) is 24.0 Å². The van der Waals surface area contributed by atoms with E-state index in [1.165, 1.54) is 23.4 Å². The zero-order valence-corrected chi connectivity index (χ0v) is 12.6. The van der Waals surface area contributed by atoms with Crippen LogP contribution in [0.3, 0.4) is 0 Å². The molecule has 3 aromatic rings. The first-order chi connectivity index (χ1) is 11.6. The van der Waals surface area contributed by atoms with Crippen molar-refractivity contribution in [1.29, 1.82) is 0 Å². The number of carbonyl (C=O) groups is 2. The van der Waals surface area contributed by atoms with E-state index in [0.29, 0.717) is 17.1 Å². The molecule has 0 atom stereocenters. The summed E-state index contributed by atoms with van der Waals surface area (Å²) < 4.78 is 0. The van der Waals surface area contributed by atoms with Gasteiger partial charge in [-0.25, -0.2) is 0 Å². The second-order valence-corrected chi connectivity index (χ2v) is 5.54. The summed E-state index contributed by atoms with van der Waals surface area (Å²) in [6.07, 6.45) is 2.49. The van der Waals surface area contributed by atoms with Crippen molar-refractivity contribution >= 4 is 39.6 Å². The summed E-state index contributed by atoms with van der Waals surface area (Å²) >= 11 is 0. The molecule has 2 amide bonds. The number of aromatic nitrogens is 1. The Morgan fingerprint density at radius 1 is 1.08 bits per heavy atom. The Morgan fingerprint density at radius 3 is 2.75 bits per heavy atom. The van der Waals surface area contributed by atoms with Crippen molar-refractivity contribution in [2.45, 2.75) is 6.42 Å². The number of amides is 2. The Kier molecular flexibility index (Phi) is 3.16. The van der Waals surface area contributed by atoms with Gasteiger partial charge in [0.1, 0.15) is 12.2 Å². The maximum atomic E-state index is 12.6. The average Bonchev–Trinajstić information content (AvgIpc) is 2.69. The fourth-order valence-corrected chi connectivity index (χ4v) is 2.93. The van der Waals surface area contributed by atoms with Crippen molar-refractivity contribution in [2.24, 2.45) is 0 Å². The molecule has 24 heavy (non-hydrogen) atoms. The highest BCUT2D eigenvalue weighted by Gasteiger charge is 2.29. The third kappa shape index (κ3) is 2.25. The predicted octanol–water partition coefficient (Wildman–Crippen LogP) is 2.95. The Labute approximate surface area is 137 Å². The number of pyridine rings is 1. The van der Waals surface area contributed by atoms with Crippen LogP contribution in [0.5, 0.6) is 5.75 Å². The van der Waals surface area contributed by atoms with Crippen LogP contribution in [0.4, 0.5) is 17.1 Å². The smallest absolute Gasteiger partial charge is 0.241 e. The van der Waals surface area contributed by atoms with Gasteiger partial charge < -0.3 is 10.4 Å². The van der Waals surface area contributed by atoms with Gasteiger partial charge in [0, 0.05) is 11.5 Å². The second kappa shape index (κ2) is 5.34. The van der Waals surface area contributed by atoms with Crippen LogP contribution in [-0.2, 0) is 9.59 Å². The number of benzene rings is 2. The minimum Gasteiger partial charge on any atom is -0.506 e. The van der Waals surface area contributed by atoms with Crippen molar-refractivity contribution in [3.05, 3.63) is 54.9 Å². The summed E-state index contributed by atoms with van der Waals surface area (Å²) in [5.74, 6) is -0.798. The number of aromatic hydroxyl groups is 1. The second-order valence-electron chi connectivity index (χ2n) is 5.54. The molecule has 0 spiro atoms. The Bertz CT molecular complexity index is 984. The first-order valence-electron chi connectivity index (χ1n) is 7.42. The minimum atomic E-state index is -0.381. The van der Waals surface area contributed by atoms with Crippen LogP contribution in [-0.4, -0.2) is 21.9 Å². The van der Waals surface area contributed by atoms with Crippen LogP contribution in [0.15, 0.2) is 54.9 Å². The summed E-state index contributed by atoms with van der Waals surface area (Å²) in [6, 6.07) is 12.7. The van der Waals surface area contributed by atoms with Gasteiger partial charge in [-0.05, 0) is 11.5 Å². The molecule has 0 aliphatic carbocycles. The average molecular weight is 319 g/mol. The molecule has 2 heterocycles. The molecule has 0 bridgehead atoms. The topological polar surface area (TPSA) is 82.5 Å². The zero-order valence-electron chi connectivity index (χ0n) is 12.6. The molecule has 0 saturated carbocycles. The SMILES string of the molecule is O=C1CC(=O)N(c2cncc(O)c2)c2ccc3ccccc3c2N1. The molecular weight excluding hydrogens is 306 g/mol. The van der Waals surface area contributed by atoms with E-state index in [1.54, 1.807) is 6.07 Å². The molecule has 0 fully saturated rings. The van der Waals surface area contributed by atoms with E-state index in [9.17, 15) is 14.7 Å². The van der Waals surface area contributed by atoms with Crippen LogP contribution in [0.25, 0.3) is 10.8 Å². The van der Waals surface area contributed by atoms with Crippen LogP contribution in [0.2, 0.25) is 0 Å². The number of nitrogens with one attached hydrogen (secondary N) is 1. The van der Waals surface area contributed by atoms with Gasteiger partial charge >= 0.3 is 0 Å². The quantitative estimate of drug-likeness (QED) is 0.676. The van der Waals surface area contributed by atoms with Gasteiger partial charge in [-0.2, -0.15) is 0 Å². The lowest BCUT2D eigenvalue weighted by Gasteiger charge is -2.23. The lowest BCUT2D eigenvalue weighted by molar-refractivity contribution is -0.124. The lowest BCUT2D eigenvalue weighted by atomic mass is 10.1. The van der Waals surface area contributed by atoms with Crippen LogP contribution >= 0.6 is 0 Å². The fraction of sp³-hybridized carbons (Fsp3) is 0.0556. The number of carbonyl (C=O) groups excluding carboxylic acids is 2. The standard InChI is InChI=1S/C18H13N3O3/c22-13-7-12(9-19-10-13)21-15-6-5-11-3-1-2-4-14(11)18(15)20-16(23)8-17(21)24/h1-7,9-10,22H,8H2,(H,20,23). The zero-order chi connectivity index (χ0) is 16.7. The fourth-order valence-electron chi connectivity index (χ4n) is 2.93. The van der Waals surface area contributed by atoms with Crippen molar-refractivity contribution < 1.29 is 14.7 Å². The first kappa shape index (κ1) is 14.2. The molecule has 1 aromatic heterocycles. The number of nitrogens with zero attached hydrogens (tertiary/aromatic N) is 2. The molecule has 2 aromatic carbocycles. The number of hydrogen-bond donors (Lipinski definition) is 2. The summed E-state index contributed by atoms with van der Waals surface area (Å²) in [5, 5.41) is 14.3. The van der Waals surface area contributed by atoms with E-state index >= 15 is 0 Å².